The predicted molar refractivity (Wildman–Crippen MR) is 81.5 cm³/mol. The van der Waals surface area contributed by atoms with Gasteiger partial charge in [0.1, 0.15) is 0 Å². The van der Waals surface area contributed by atoms with Gasteiger partial charge in [-0.15, -0.1) is 0 Å². The Morgan fingerprint density at radius 1 is 1.10 bits per heavy atom. The summed E-state index contributed by atoms with van der Waals surface area (Å²) in [5.41, 5.74) is 7.84. The van der Waals surface area contributed by atoms with Gasteiger partial charge in [0.2, 0.25) is 0 Å². The number of hydrogen-bond donors (Lipinski definition) is 1. The number of ether oxygens (including phenoxy) is 1. The molecular formula is C17H26N2O. The summed E-state index contributed by atoms with van der Waals surface area (Å²) in [7, 11) is 0. The van der Waals surface area contributed by atoms with E-state index >= 15 is 0 Å². The first-order valence-electron chi connectivity index (χ1n) is 7.85. The summed E-state index contributed by atoms with van der Waals surface area (Å²) >= 11 is 0. The molecule has 3 nitrogen and oxygen atoms in total. The van der Waals surface area contributed by atoms with Crippen LogP contribution in [0.2, 0.25) is 0 Å². The van der Waals surface area contributed by atoms with Gasteiger partial charge in [-0.25, -0.2) is 0 Å². The van der Waals surface area contributed by atoms with Gasteiger partial charge in [0, 0.05) is 25.2 Å². The average molecular weight is 274 g/mol. The summed E-state index contributed by atoms with van der Waals surface area (Å²) in [6, 6.07) is 11.0. The Hall–Kier alpha value is -0.900. The molecule has 0 aliphatic carbocycles. The van der Waals surface area contributed by atoms with E-state index in [4.69, 9.17) is 10.5 Å². The van der Waals surface area contributed by atoms with Crippen molar-refractivity contribution < 1.29 is 4.74 Å². The van der Waals surface area contributed by atoms with Crippen LogP contribution in [0.5, 0.6) is 0 Å². The first kappa shape index (κ1) is 14.1. The number of nitrogens with zero attached hydrogens (tertiary/aromatic N) is 1. The number of hydrogen-bond acceptors (Lipinski definition) is 3. The summed E-state index contributed by atoms with van der Waals surface area (Å²) < 4.78 is 5.96. The van der Waals surface area contributed by atoms with Crippen LogP contribution < -0.4 is 5.73 Å². The van der Waals surface area contributed by atoms with Crippen LogP contribution in [0.25, 0.3) is 0 Å². The molecule has 0 aromatic heterocycles. The molecule has 3 heteroatoms. The van der Waals surface area contributed by atoms with E-state index < -0.39 is 0 Å². The normalized spacial score (nSPS) is 29.6. The van der Waals surface area contributed by atoms with Gasteiger partial charge in [-0.1, -0.05) is 44.2 Å². The highest BCUT2D eigenvalue weighted by Gasteiger charge is 2.39. The minimum absolute atomic E-state index is 0.0775. The molecule has 3 rings (SSSR count). The molecule has 0 radical (unpaired) electrons. The number of likely N-dealkylation sites (tertiary alicyclic amines) is 1. The summed E-state index contributed by atoms with van der Waals surface area (Å²) in [6.45, 7) is 6.65. The Balaban J connectivity index is 1.79. The second-order valence-electron chi connectivity index (χ2n) is 6.58. The van der Waals surface area contributed by atoms with Crippen molar-refractivity contribution >= 4 is 0 Å². The molecule has 2 heterocycles. The van der Waals surface area contributed by atoms with Crippen molar-refractivity contribution in [2.45, 2.75) is 51.0 Å². The van der Waals surface area contributed by atoms with Crippen molar-refractivity contribution in [1.29, 1.82) is 0 Å². The fourth-order valence-electron chi connectivity index (χ4n) is 3.83. The Morgan fingerprint density at radius 3 is 2.25 bits per heavy atom. The van der Waals surface area contributed by atoms with Crippen LogP contribution in [0, 0.1) is 5.92 Å². The molecule has 110 valence electrons. The number of fused-ring (bicyclic) bond motifs is 2. The summed E-state index contributed by atoms with van der Waals surface area (Å²) in [5.74, 6) is 0.544. The lowest BCUT2D eigenvalue weighted by atomic mass is 9.90. The van der Waals surface area contributed by atoms with Crippen LogP contribution in [0.3, 0.4) is 0 Å². The maximum absolute atomic E-state index is 6.60. The highest BCUT2D eigenvalue weighted by atomic mass is 16.5. The van der Waals surface area contributed by atoms with Crippen LogP contribution >= 0.6 is 0 Å². The number of rotatable bonds is 4. The fourth-order valence-corrected chi connectivity index (χ4v) is 3.83. The van der Waals surface area contributed by atoms with E-state index in [0.717, 1.165) is 13.1 Å². The molecule has 2 N–H and O–H groups in total. The smallest absolute Gasteiger partial charge is 0.0707 e. The van der Waals surface area contributed by atoms with E-state index in [2.05, 4.69) is 49.1 Å². The molecule has 2 fully saturated rings. The van der Waals surface area contributed by atoms with E-state index in [-0.39, 0.29) is 6.04 Å². The monoisotopic (exact) mass is 274 g/mol. The second kappa shape index (κ2) is 5.84. The molecule has 0 spiro atoms. The number of morpholine rings is 1. The summed E-state index contributed by atoms with van der Waals surface area (Å²) in [5, 5.41) is 0. The van der Waals surface area contributed by atoms with Crippen LogP contribution in [-0.4, -0.2) is 36.2 Å². The zero-order chi connectivity index (χ0) is 14.1. The largest absolute Gasteiger partial charge is 0.372 e. The zero-order valence-electron chi connectivity index (χ0n) is 12.5. The van der Waals surface area contributed by atoms with E-state index in [1.807, 2.05) is 0 Å². The van der Waals surface area contributed by atoms with Crippen molar-refractivity contribution in [2.24, 2.45) is 11.7 Å². The van der Waals surface area contributed by atoms with Crippen molar-refractivity contribution in [1.82, 2.24) is 4.90 Å². The van der Waals surface area contributed by atoms with Gasteiger partial charge in [-0.05, 0) is 24.3 Å². The maximum atomic E-state index is 6.60. The molecular weight excluding hydrogens is 248 g/mol. The van der Waals surface area contributed by atoms with Gasteiger partial charge in [0.15, 0.2) is 0 Å². The Bertz CT molecular complexity index is 422. The second-order valence-corrected chi connectivity index (χ2v) is 6.58. The van der Waals surface area contributed by atoms with Crippen LogP contribution in [0.1, 0.15) is 38.3 Å². The molecule has 2 saturated heterocycles. The van der Waals surface area contributed by atoms with E-state index in [0.29, 0.717) is 24.2 Å². The Labute approximate surface area is 122 Å². The summed E-state index contributed by atoms with van der Waals surface area (Å²) in [4.78, 5) is 2.58. The molecule has 0 saturated carbocycles. The predicted octanol–water partition coefficient (Wildman–Crippen LogP) is 2.57. The lowest BCUT2D eigenvalue weighted by Gasteiger charge is -2.42. The van der Waals surface area contributed by atoms with Gasteiger partial charge in [0.25, 0.3) is 0 Å². The van der Waals surface area contributed by atoms with Gasteiger partial charge in [0.05, 0.1) is 12.2 Å². The quantitative estimate of drug-likeness (QED) is 0.917. The third kappa shape index (κ3) is 2.76. The van der Waals surface area contributed by atoms with Gasteiger partial charge in [-0.2, -0.15) is 0 Å². The fraction of sp³-hybridized carbons (Fsp3) is 0.647. The number of nitrogens with two attached hydrogens (primary N) is 1. The minimum atomic E-state index is 0.0775. The molecule has 2 bridgehead atoms. The van der Waals surface area contributed by atoms with Crippen LogP contribution in [-0.2, 0) is 4.74 Å². The molecule has 0 amide bonds. The third-order valence-corrected chi connectivity index (χ3v) is 4.73. The highest BCUT2D eigenvalue weighted by Crippen LogP contribution is 2.32. The van der Waals surface area contributed by atoms with Crippen molar-refractivity contribution in [3.05, 3.63) is 35.9 Å². The molecule has 20 heavy (non-hydrogen) atoms. The topological polar surface area (TPSA) is 38.5 Å². The molecule has 4 unspecified atom stereocenters. The lowest BCUT2D eigenvalue weighted by molar-refractivity contribution is -0.0630. The van der Waals surface area contributed by atoms with Gasteiger partial charge < -0.3 is 10.5 Å². The molecule has 1 aromatic rings. The molecule has 2 aliphatic heterocycles. The van der Waals surface area contributed by atoms with Gasteiger partial charge in [-0.3, -0.25) is 4.90 Å². The third-order valence-electron chi connectivity index (χ3n) is 4.73. The highest BCUT2D eigenvalue weighted by molar-refractivity contribution is 5.20. The molecule has 4 atom stereocenters. The molecule has 2 aliphatic rings. The Morgan fingerprint density at radius 2 is 1.70 bits per heavy atom. The first-order valence-corrected chi connectivity index (χ1v) is 7.85. The first-order chi connectivity index (χ1) is 9.65. The van der Waals surface area contributed by atoms with E-state index in [1.54, 1.807) is 0 Å². The lowest BCUT2D eigenvalue weighted by Crippen LogP contribution is -2.53. The minimum Gasteiger partial charge on any atom is -0.372 e. The van der Waals surface area contributed by atoms with Crippen LogP contribution in [0.15, 0.2) is 30.3 Å². The van der Waals surface area contributed by atoms with Crippen molar-refractivity contribution in [3.63, 3.8) is 0 Å². The Kier molecular flexibility index (Phi) is 4.11. The van der Waals surface area contributed by atoms with Crippen LogP contribution in [0.4, 0.5) is 0 Å². The zero-order valence-corrected chi connectivity index (χ0v) is 12.5. The van der Waals surface area contributed by atoms with E-state index in [9.17, 15) is 0 Å². The average Bonchev–Trinajstić information content (AvgIpc) is 2.78. The van der Waals surface area contributed by atoms with Crippen molar-refractivity contribution in [2.75, 3.05) is 13.1 Å². The maximum Gasteiger partial charge on any atom is 0.0707 e. The number of benzene rings is 1. The van der Waals surface area contributed by atoms with Crippen molar-refractivity contribution in [3.8, 4) is 0 Å². The summed E-state index contributed by atoms with van der Waals surface area (Å²) in [6.07, 6.45) is 3.29. The standard InChI is InChI=1S/C17H26N2O/c1-12(2)17(16(18)13-6-4-3-5-7-13)19-10-14-8-9-15(11-19)20-14/h3-7,12,14-17H,8-11,18H2,1-2H3. The van der Waals surface area contributed by atoms with Gasteiger partial charge >= 0.3 is 0 Å². The SMILES string of the molecule is CC(C)C(C(N)c1ccccc1)N1CC2CCC(C1)O2. The van der Waals surface area contributed by atoms with E-state index in [1.165, 1.54) is 18.4 Å². The molecule has 1 aromatic carbocycles.